The number of nitrogens with two attached hydrogens (primary N) is 1. The van der Waals surface area contributed by atoms with E-state index in [-0.39, 0.29) is 0 Å². The van der Waals surface area contributed by atoms with Crippen LogP contribution in [0.1, 0.15) is 30.7 Å². The van der Waals surface area contributed by atoms with Crippen LogP contribution in [0.15, 0.2) is 15.9 Å². The number of thiophene rings is 1. The van der Waals surface area contributed by atoms with Crippen LogP contribution in [0.2, 0.25) is 0 Å². The lowest BCUT2D eigenvalue weighted by Crippen LogP contribution is -2.41. The molecule has 2 rings (SSSR count). The van der Waals surface area contributed by atoms with Crippen LogP contribution in [0, 0.1) is 0 Å². The zero-order valence-corrected chi connectivity index (χ0v) is 14.2. The Labute approximate surface area is 128 Å². The monoisotopic (exact) mass is 345 g/mol. The molecule has 2 atom stereocenters. The smallest absolute Gasteiger partial charge is 0.0702 e. The minimum Gasteiger partial charge on any atom is -0.329 e. The fourth-order valence-electron chi connectivity index (χ4n) is 3.00. The summed E-state index contributed by atoms with van der Waals surface area (Å²) in [6.07, 6.45) is 2.66. The Kier molecular flexibility index (Phi) is 5.84. The van der Waals surface area contributed by atoms with Crippen LogP contribution >= 0.6 is 27.3 Å². The summed E-state index contributed by atoms with van der Waals surface area (Å²) in [6, 6.07) is 5.35. The molecule has 5 heteroatoms. The minimum atomic E-state index is 0.343. The van der Waals surface area contributed by atoms with Crippen LogP contribution in [-0.2, 0) is 0 Å². The molecule has 1 aliphatic rings. The maximum Gasteiger partial charge on any atom is 0.0702 e. The topological polar surface area (TPSA) is 32.5 Å². The van der Waals surface area contributed by atoms with Crippen molar-refractivity contribution in [3.63, 3.8) is 0 Å². The highest BCUT2D eigenvalue weighted by Gasteiger charge is 2.27. The third-order valence-corrected chi connectivity index (χ3v) is 5.81. The summed E-state index contributed by atoms with van der Waals surface area (Å²) in [4.78, 5) is 6.38. The van der Waals surface area contributed by atoms with Crippen molar-refractivity contribution in [3.05, 3.63) is 20.8 Å². The molecule has 0 saturated carbocycles. The first-order valence-electron chi connectivity index (χ1n) is 7.05. The number of halogens is 1. The van der Waals surface area contributed by atoms with E-state index in [1.54, 1.807) is 11.3 Å². The van der Waals surface area contributed by atoms with Crippen molar-refractivity contribution in [2.45, 2.75) is 31.8 Å². The zero-order chi connectivity index (χ0) is 13.8. The second-order valence-electron chi connectivity index (χ2n) is 5.26. The van der Waals surface area contributed by atoms with Gasteiger partial charge in [-0.05, 0) is 61.0 Å². The fraction of sp³-hybridized carbons (Fsp3) is 0.714. The van der Waals surface area contributed by atoms with Crippen molar-refractivity contribution in [2.75, 3.05) is 33.2 Å². The molecular formula is C14H24BrN3S. The van der Waals surface area contributed by atoms with Crippen molar-refractivity contribution in [3.8, 4) is 0 Å². The van der Waals surface area contributed by atoms with E-state index in [4.69, 9.17) is 5.73 Å². The van der Waals surface area contributed by atoms with Gasteiger partial charge in [0.25, 0.3) is 0 Å². The molecule has 1 saturated heterocycles. The van der Waals surface area contributed by atoms with Crippen LogP contribution in [0.25, 0.3) is 0 Å². The largest absolute Gasteiger partial charge is 0.329 e. The molecule has 1 aromatic heterocycles. The van der Waals surface area contributed by atoms with Gasteiger partial charge in [-0.3, -0.25) is 9.80 Å². The molecule has 0 radical (unpaired) electrons. The van der Waals surface area contributed by atoms with E-state index >= 15 is 0 Å². The number of likely N-dealkylation sites (N-methyl/N-ethyl adjacent to an activating group) is 2. The average molecular weight is 346 g/mol. The van der Waals surface area contributed by atoms with E-state index in [1.807, 2.05) is 0 Å². The minimum absolute atomic E-state index is 0.343. The third-order valence-electron chi connectivity index (χ3n) is 4.08. The van der Waals surface area contributed by atoms with Crippen molar-refractivity contribution >= 4 is 27.3 Å². The lowest BCUT2D eigenvalue weighted by molar-refractivity contribution is 0.167. The molecule has 3 nitrogen and oxygen atoms in total. The molecular weight excluding hydrogens is 322 g/mol. The predicted molar refractivity (Wildman–Crippen MR) is 86.7 cm³/mol. The van der Waals surface area contributed by atoms with Crippen molar-refractivity contribution in [1.29, 1.82) is 0 Å². The number of nitrogens with zero attached hydrogens (tertiary/aromatic N) is 2. The van der Waals surface area contributed by atoms with E-state index in [2.05, 4.69) is 51.8 Å². The van der Waals surface area contributed by atoms with Crippen LogP contribution < -0.4 is 5.73 Å². The van der Waals surface area contributed by atoms with Gasteiger partial charge in [0, 0.05) is 24.0 Å². The van der Waals surface area contributed by atoms with E-state index in [1.165, 1.54) is 28.0 Å². The third kappa shape index (κ3) is 3.79. The molecule has 19 heavy (non-hydrogen) atoms. The summed E-state index contributed by atoms with van der Waals surface area (Å²) in [5, 5.41) is 0. The van der Waals surface area contributed by atoms with Crippen LogP contribution in [0.4, 0.5) is 0 Å². The SMILES string of the molecule is CCN1CCCC1CN(C)C(CN)c1ccc(Br)s1. The van der Waals surface area contributed by atoms with E-state index < -0.39 is 0 Å². The van der Waals surface area contributed by atoms with Gasteiger partial charge < -0.3 is 5.73 Å². The number of rotatable bonds is 6. The molecule has 1 aliphatic heterocycles. The van der Waals surface area contributed by atoms with E-state index in [0.717, 1.165) is 13.1 Å². The Balaban J connectivity index is 1.99. The second kappa shape index (κ2) is 7.18. The lowest BCUT2D eigenvalue weighted by Gasteiger charge is -2.32. The van der Waals surface area contributed by atoms with Crippen LogP contribution in [-0.4, -0.2) is 49.1 Å². The molecule has 1 fully saturated rings. The lowest BCUT2D eigenvalue weighted by atomic mass is 10.1. The van der Waals surface area contributed by atoms with Gasteiger partial charge in [0.05, 0.1) is 9.83 Å². The highest BCUT2D eigenvalue weighted by Crippen LogP contribution is 2.30. The summed E-state index contributed by atoms with van der Waals surface area (Å²) in [5.74, 6) is 0. The molecule has 2 unspecified atom stereocenters. The van der Waals surface area contributed by atoms with Crippen molar-refractivity contribution in [1.82, 2.24) is 9.80 Å². The summed E-state index contributed by atoms with van der Waals surface area (Å²) < 4.78 is 1.19. The summed E-state index contributed by atoms with van der Waals surface area (Å²) in [7, 11) is 2.21. The van der Waals surface area contributed by atoms with E-state index in [0.29, 0.717) is 18.6 Å². The van der Waals surface area contributed by atoms with Crippen molar-refractivity contribution in [2.24, 2.45) is 5.73 Å². The quantitative estimate of drug-likeness (QED) is 0.860. The Morgan fingerprint density at radius 1 is 1.58 bits per heavy atom. The van der Waals surface area contributed by atoms with Gasteiger partial charge in [-0.2, -0.15) is 0 Å². The predicted octanol–water partition coefficient (Wildman–Crippen LogP) is 2.93. The molecule has 2 heterocycles. The van der Waals surface area contributed by atoms with Gasteiger partial charge in [-0.15, -0.1) is 11.3 Å². The number of likely N-dealkylation sites (tertiary alicyclic amines) is 1. The first-order chi connectivity index (χ1) is 9.15. The normalized spacial score (nSPS) is 22.3. The van der Waals surface area contributed by atoms with E-state index in [9.17, 15) is 0 Å². The van der Waals surface area contributed by atoms with Gasteiger partial charge in [-0.1, -0.05) is 6.92 Å². The summed E-state index contributed by atoms with van der Waals surface area (Å²) in [6.45, 7) is 6.48. The average Bonchev–Trinajstić information content (AvgIpc) is 2.99. The molecule has 108 valence electrons. The Morgan fingerprint density at radius 3 is 2.95 bits per heavy atom. The second-order valence-corrected chi connectivity index (χ2v) is 7.75. The maximum atomic E-state index is 5.99. The first kappa shape index (κ1) is 15.4. The summed E-state index contributed by atoms with van der Waals surface area (Å²) in [5.41, 5.74) is 5.99. The standard InChI is InChI=1S/C14H24BrN3S/c1-3-18-8-4-5-11(18)10-17(2)12(9-16)13-6-7-14(15)19-13/h6-7,11-12H,3-5,8-10,16H2,1-2H3. The Hall–Kier alpha value is 0.0600. The molecule has 0 aromatic carbocycles. The zero-order valence-electron chi connectivity index (χ0n) is 11.8. The summed E-state index contributed by atoms with van der Waals surface area (Å²) >= 11 is 5.33. The van der Waals surface area contributed by atoms with Crippen molar-refractivity contribution < 1.29 is 0 Å². The Morgan fingerprint density at radius 2 is 2.37 bits per heavy atom. The number of hydrogen-bond donors (Lipinski definition) is 1. The molecule has 2 N–H and O–H groups in total. The fourth-order valence-corrected chi connectivity index (χ4v) is 4.60. The van der Waals surface area contributed by atoms with Gasteiger partial charge >= 0.3 is 0 Å². The van der Waals surface area contributed by atoms with Gasteiger partial charge in [0.15, 0.2) is 0 Å². The molecule has 0 bridgehead atoms. The molecule has 0 aliphatic carbocycles. The van der Waals surface area contributed by atoms with Gasteiger partial charge in [-0.25, -0.2) is 0 Å². The highest BCUT2D eigenvalue weighted by atomic mass is 79.9. The molecule has 0 amide bonds. The van der Waals surface area contributed by atoms with Gasteiger partial charge in [0.1, 0.15) is 0 Å². The maximum absolute atomic E-state index is 5.99. The van der Waals surface area contributed by atoms with Gasteiger partial charge in [0.2, 0.25) is 0 Å². The van der Waals surface area contributed by atoms with Crippen LogP contribution in [0.3, 0.4) is 0 Å². The number of hydrogen-bond acceptors (Lipinski definition) is 4. The molecule has 0 spiro atoms. The highest BCUT2D eigenvalue weighted by molar-refractivity contribution is 9.11. The Bertz CT molecular complexity index is 396. The molecule has 1 aromatic rings. The first-order valence-corrected chi connectivity index (χ1v) is 8.66. The van der Waals surface area contributed by atoms with Crippen LogP contribution in [0.5, 0.6) is 0 Å².